The minimum absolute atomic E-state index is 0.0190. The zero-order chi connectivity index (χ0) is 14.3. The summed E-state index contributed by atoms with van der Waals surface area (Å²) < 4.78 is 54.5. The van der Waals surface area contributed by atoms with Crippen LogP contribution >= 0.6 is 15.9 Å². The van der Waals surface area contributed by atoms with E-state index in [1.165, 1.54) is 18.2 Å². The summed E-state index contributed by atoms with van der Waals surface area (Å²) >= 11 is 3.06. The van der Waals surface area contributed by atoms with E-state index in [4.69, 9.17) is 4.74 Å². The monoisotopic (exact) mass is 354 g/mol. The van der Waals surface area contributed by atoms with Gasteiger partial charge in [0.2, 0.25) is 0 Å². The Bertz CT molecular complexity index is 574. The number of hydrogen-bond donors (Lipinski definition) is 0. The minimum atomic E-state index is -3.33. The van der Waals surface area contributed by atoms with Gasteiger partial charge in [0.25, 0.3) is 5.92 Å². The molecule has 106 valence electrons. The molecule has 0 radical (unpaired) electrons. The van der Waals surface area contributed by atoms with Gasteiger partial charge >= 0.3 is 0 Å². The van der Waals surface area contributed by atoms with Crippen LogP contribution in [-0.2, 0) is 9.84 Å². The first-order valence-corrected chi connectivity index (χ1v) is 8.34. The summed E-state index contributed by atoms with van der Waals surface area (Å²) in [6.07, 6.45) is -0.212. The molecule has 19 heavy (non-hydrogen) atoms. The lowest BCUT2D eigenvalue weighted by Gasteiger charge is -2.13. The minimum Gasteiger partial charge on any atom is -0.479 e. The van der Waals surface area contributed by atoms with Gasteiger partial charge in [0.15, 0.2) is 14.9 Å². The third-order valence-corrected chi connectivity index (χ3v) is 5.54. The first-order valence-electron chi connectivity index (χ1n) is 5.77. The second-order valence-electron chi connectivity index (χ2n) is 4.42. The van der Waals surface area contributed by atoms with E-state index in [9.17, 15) is 17.2 Å². The molecule has 1 aromatic carbocycles. The van der Waals surface area contributed by atoms with Gasteiger partial charge in [-0.1, -0.05) is 13.0 Å². The predicted molar refractivity (Wildman–Crippen MR) is 70.6 cm³/mol. The van der Waals surface area contributed by atoms with Gasteiger partial charge < -0.3 is 4.74 Å². The fourth-order valence-corrected chi connectivity index (χ4v) is 3.34. The van der Waals surface area contributed by atoms with Gasteiger partial charge in [0.05, 0.1) is 16.6 Å². The average molecular weight is 355 g/mol. The first-order chi connectivity index (χ1) is 8.76. The predicted octanol–water partition coefficient (Wildman–Crippen LogP) is 3.24. The molecule has 0 aromatic heterocycles. The van der Waals surface area contributed by atoms with E-state index in [0.717, 1.165) is 0 Å². The Hall–Kier alpha value is -0.690. The molecule has 0 amide bonds. The third-order valence-electron chi connectivity index (χ3n) is 2.98. The van der Waals surface area contributed by atoms with Gasteiger partial charge in [-0.2, -0.15) is 0 Å². The fourth-order valence-electron chi connectivity index (χ4n) is 1.64. The van der Waals surface area contributed by atoms with Crippen molar-refractivity contribution in [2.24, 2.45) is 5.92 Å². The average Bonchev–Trinajstić information content (AvgIpc) is 2.99. The van der Waals surface area contributed by atoms with Gasteiger partial charge in [-0.15, -0.1) is 0 Å². The van der Waals surface area contributed by atoms with Crippen LogP contribution in [0.1, 0.15) is 13.3 Å². The van der Waals surface area contributed by atoms with Crippen LogP contribution in [0.5, 0.6) is 5.75 Å². The molecule has 2 atom stereocenters. The molecule has 2 rings (SSSR count). The van der Waals surface area contributed by atoms with E-state index in [1.807, 2.05) is 0 Å². The molecule has 1 aliphatic rings. The number of sulfone groups is 1. The smallest absolute Gasteiger partial charge is 0.256 e. The summed E-state index contributed by atoms with van der Waals surface area (Å²) in [5.74, 6) is -3.31. The second kappa shape index (κ2) is 5.01. The van der Waals surface area contributed by atoms with Crippen LogP contribution in [0.25, 0.3) is 0 Å². The van der Waals surface area contributed by atoms with Crippen LogP contribution in [-0.4, -0.2) is 25.1 Å². The Kier molecular flexibility index (Phi) is 3.88. The summed E-state index contributed by atoms with van der Waals surface area (Å²) in [6.45, 7) is 1.54. The number of benzene rings is 1. The van der Waals surface area contributed by atoms with Gasteiger partial charge in [0, 0.05) is 6.42 Å². The molecule has 0 bridgehead atoms. The van der Waals surface area contributed by atoms with Crippen molar-refractivity contribution >= 4 is 25.8 Å². The number of hydrogen-bond acceptors (Lipinski definition) is 3. The zero-order valence-corrected chi connectivity index (χ0v) is 12.5. The summed E-state index contributed by atoms with van der Waals surface area (Å²) in [5, 5.41) is -0.818. The normalized spacial score (nSPS) is 22.8. The van der Waals surface area contributed by atoms with Crippen LogP contribution in [0.3, 0.4) is 0 Å². The molecule has 1 fully saturated rings. The molecule has 1 aliphatic carbocycles. The van der Waals surface area contributed by atoms with Gasteiger partial charge in [-0.25, -0.2) is 17.2 Å². The maximum Gasteiger partial charge on any atom is 0.256 e. The quantitative estimate of drug-likeness (QED) is 0.762. The molecule has 7 heteroatoms. The number of halogens is 3. The van der Waals surface area contributed by atoms with E-state index in [1.54, 1.807) is 13.0 Å². The Morgan fingerprint density at radius 3 is 2.68 bits per heavy atom. The van der Waals surface area contributed by atoms with Crippen molar-refractivity contribution in [2.75, 3.05) is 5.75 Å². The molecule has 1 saturated carbocycles. The summed E-state index contributed by atoms with van der Waals surface area (Å²) in [4.78, 5) is 0.134. The van der Waals surface area contributed by atoms with Gasteiger partial charge in [-0.05, 0) is 34.1 Å². The van der Waals surface area contributed by atoms with Crippen molar-refractivity contribution in [3.8, 4) is 5.75 Å². The molecule has 0 spiro atoms. The Balaban J connectivity index is 2.12. The number of alkyl halides is 3. The third kappa shape index (κ3) is 3.25. The molecule has 1 aromatic rings. The Labute approximate surface area is 119 Å². The van der Waals surface area contributed by atoms with E-state index in [0.29, 0.717) is 0 Å². The standard InChI is InChI=1S/C12H13BrF2O3S/c1-2-19(16,17)9-5-3-4-8(6-9)18-11(13)10-7-12(10,14)15/h3-6,10-11H,2,7H2,1H3. The highest BCUT2D eigenvalue weighted by Crippen LogP contribution is 2.52. The van der Waals surface area contributed by atoms with Crippen molar-refractivity contribution in [1.82, 2.24) is 0 Å². The number of ether oxygens (including phenoxy) is 1. The van der Waals surface area contributed by atoms with E-state index in [-0.39, 0.29) is 22.8 Å². The van der Waals surface area contributed by atoms with E-state index < -0.39 is 26.7 Å². The van der Waals surface area contributed by atoms with E-state index in [2.05, 4.69) is 15.9 Å². The zero-order valence-electron chi connectivity index (χ0n) is 10.1. The fraction of sp³-hybridized carbons (Fsp3) is 0.500. The summed E-state index contributed by atoms with van der Waals surface area (Å²) in [5.41, 5.74) is 0. The topological polar surface area (TPSA) is 43.4 Å². The van der Waals surface area contributed by atoms with Crippen LogP contribution in [0, 0.1) is 5.92 Å². The van der Waals surface area contributed by atoms with Crippen LogP contribution in [0.15, 0.2) is 29.2 Å². The van der Waals surface area contributed by atoms with Gasteiger partial charge in [0.1, 0.15) is 5.75 Å². The van der Waals surface area contributed by atoms with Gasteiger partial charge in [-0.3, -0.25) is 0 Å². The van der Waals surface area contributed by atoms with Crippen molar-refractivity contribution in [3.05, 3.63) is 24.3 Å². The van der Waals surface area contributed by atoms with E-state index >= 15 is 0 Å². The van der Waals surface area contributed by atoms with Crippen molar-refractivity contribution in [1.29, 1.82) is 0 Å². The maximum absolute atomic E-state index is 12.9. The summed E-state index contributed by atoms with van der Waals surface area (Å²) in [7, 11) is -3.33. The molecular weight excluding hydrogens is 342 g/mol. The second-order valence-corrected chi connectivity index (χ2v) is 7.60. The highest BCUT2D eigenvalue weighted by Gasteiger charge is 2.61. The summed E-state index contributed by atoms with van der Waals surface area (Å²) in [6, 6.07) is 5.89. The molecular formula is C12H13BrF2O3S. The van der Waals surface area contributed by atoms with Crippen molar-refractivity contribution < 1.29 is 21.9 Å². The Morgan fingerprint density at radius 2 is 2.16 bits per heavy atom. The lowest BCUT2D eigenvalue weighted by molar-refractivity contribution is 0.0806. The van der Waals surface area contributed by atoms with Crippen LogP contribution in [0.4, 0.5) is 8.78 Å². The SMILES string of the molecule is CCS(=O)(=O)c1cccc(OC(Br)C2CC2(F)F)c1. The molecule has 0 heterocycles. The first kappa shape index (κ1) is 14.7. The molecule has 0 aliphatic heterocycles. The number of rotatable bonds is 5. The maximum atomic E-state index is 12.9. The highest BCUT2D eigenvalue weighted by atomic mass is 79.9. The molecule has 0 N–H and O–H groups in total. The molecule has 3 nitrogen and oxygen atoms in total. The Morgan fingerprint density at radius 1 is 1.53 bits per heavy atom. The highest BCUT2D eigenvalue weighted by molar-refractivity contribution is 9.09. The lowest BCUT2D eigenvalue weighted by Crippen LogP contribution is -2.15. The lowest BCUT2D eigenvalue weighted by atomic mass is 10.3. The largest absolute Gasteiger partial charge is 0.479 e. The molecule has 2 unspecified atom stereocenters. The van der Waals surface area contributed by atoms with Crippen LogP contribution in [0.2, 0.25) is 0 Å². The van der Waals surface area contributed by atoms with Crippen LogP contribution < -0.4 is 4.74 Å². The van der Waals surface area contributed by atoms with Crippen molar-refractivity contribution in [2.45, 2.75) is 29.2 Å². The molecule has 0 saturated heterocycles. The van der Waals surface area contributed by atoms with Crippen molar-refractivity contribution in [3.63, 3.8) is 0 Å².